The summed E-state index contributed by atoms with van der Waals surface area (Å²) in [6.07, 6.45) is -1.44. The molecule has 0 fully saturated rings. The number of nitrogens with two attached hydrogens (primary N) is 1. The number of benzene rings is 1. The SMILES string of the molecule is CCc1cc(CNc2nc(Cl)ncc2N)ccc1-c1nc(C(F)(F)F)cn1C. The number of nitrogen functional groups attached to an aromatic ring is 1. The van der Waals surface area contributed by atoms with Crippen LogP contribution in [0, 0.1) is 0 Å². The first-order valence-corrected chi connectivity index (χ1v) is 8.81. The Balaban J connectivity index is 1.87. The number of imidazole rings is 1. The second-order valence-electron chi connectivity index (χ2n) is 6.20. The molecule has 148 valence electrons. The van der Waals surface area contributed by atoms with Crippen molar-refractivity contribution in [1.82, 2.24) is 19.5 Å². The van der Waals surface area contributed by atoms with Crippen molar-refractivity contribution in [2.45, 2.75) is 26.1 Å². The lowest BCUT2D eigenvalue weighted by molar-refractivity contribution is -0.140. The van der Waals surface area contributed by atoms with Gasteiger partial charge in [0.05, 0.1) is 11.9 Å². The van der Waals surface area contributed by atoms with Gasteiger partial charge in [0, 0.05) is 25.4 Å². The molecule has 0 unspecified atom stereocenters. The summed E-state index contributed by atoms with van der Waals surface area (Å²) in [6.45, 7) is 2.35. The molecule has 0 aliphatic rings. The summed E-state index contributed by atoms with van der Waals surface area (Å²) in [4.78, 5) is 11.6. The number of aromatic nitrogens is 4. The minimum absolute atomic E-state index is 0.0801. The van der Waals surface area contributed by atoms with Crippen molar-refractivity contribution in [2.75, 3.05) is 11.1 Å². The first kappa shape index (κ1) is 19.9. The van der Waals surface area contributed by atoms with E-state index in [-0.39, 0.29) is 11.1 Å². The lowest BCUT2D eigenvalue weighted by atomic mass is 10.0. The number of halogens is 4. The molecule has 0 spiro atoms. The van der Waals surface area contributed by atoms with Gasteiger partial charge < -0.3 is 15.6 Å². The Labute approximate surface area is 164 Å². The molecular formula is C18H18ClF3N6. The monoisotopic (exact) mass is 410 g/mol. The first-order chi connectivity index (χ1) is 13.2. The second-order valence-corrected chi connectivity index (χ2v) is 6.54. The van der Waals surface area contributed by atoms with Gasteiger partial charge in [-0.25, -0.2) is 9.97 Å². The Morgan fingerprint density at radius 1 is 1.25 bits per heavy atom. The lowest BCUT2D eigenvalue weighted by Crippen LogP contribution is -2.06. The third-order valence-corrected chi connectivity index (χ3v) is 4.39. The van der Waals surface area contributed by atoms with Crippen molar-refractivity contribution < 1.29 is 13.2 Å². The average Bonchev–Trinajstić information content (AvgIpc) is 3.04. The molecule has 6 nitrogen and oxygen atoms in total. The maximum atomic E-state index is 13.0. The normalized spacial score (nSPS) is 11.6. The van der Waals surface area contributed by atoms with E-state index in [2.05, 4.69) is 20.3 Å². The number of aryl methyl sites for hydroxylation is 2. The number of nitrogens with zero attached hydrogens (tertiary/aromatic N) is 4. The van der Waals surface area contributed by atoms with E-state index >= 15 is 0 Å². The number of hydrogen-bond donors (Lipinski definition) is 2. The molecule has 2 heterocycles. The fourth-order valence-corrected chi connectivity index (χ4v) is 2.95. The van der Waals surface area contributed by atoms with Gasteiger partial charge in [-0.1, -0.05) is 25.1 Å². The summed E-state index contributed by atoms with van der Waals surface area (Å²) in [6, 6.07) is 5.51. The van der Waals surface area contributed by atoms with Crippen LogP contribution in [0.2, 0.25) is 5.28 Å². The van der Waals surface area contributed by atoms with Crippen molar-refractivity contribution in [2.24, 2.45) is 7.05 Å². The van der Waals surface area contributed by atoms with Crippen LogP contribution in [-0.4, -0.2) is 19.5 Å². The lowest BCUT2D eigenvalue weighted by Gasteiger charge is -2.12. The van der Waals surface area contributed by atoms with Crippen LogP contribution in [-0.2, 0) is 26.2 Å². The van der Waals surface area contributed by atoms with E-state index in [1.807, 2.05) is 19.1 Å². The largest absolute Gasteiger partial charge is 0.434 e. The smallest absolute Gasteiger partial charge is 0.394 e. The molecule has 0 aliphatic carbocycles. The van der Waals surface area contributed by atoms with Gasteiger partial charge in [-0.2, -0.15) is 18.2 Å². The minimum atomic E-state index is -4.48. The number of rotatable bonds is 5. The topological polar surface area (TPSA) is 81.7 Å². The highest BCUT2D eigenvalue weighted by Gasteiger charge is 2.34. The summed E-state index contributed by atoms with van der Waals surface area (Å²) in [5.41, 5.74) is 7.73. The van der Waals surface area contributed by atoms with Gasteiger partial charge >= 0.3 is 6.18 Å². The maximum absolute atomic E-state index is 13.0. The Morgan fingerprint density at radius 2 is 2.00 bits per heavy atom. The predicted octanol–water partition coefficient (Wildman–Crippen LogP) is 4.31. The Kier molecular flexibility index (Phi) is 5.46. The Hall–Kier alpha value is -2.81. The summed E-state index contributed by atoms with van der Waals surface area (Å²) in [7, 11) is 1.55. The standard InChI is InChI=1S/C18H18ClF3N6/c1-3-11-6-10(7-24-15-13(23)8-25-17(19)27-15)4-5-12(11)16-26-14(9-28(16)2)18(20,21)22/h4-6,8-9H,3,7,23H2,1-2H3,(H,24,25,27). The van der Waals surface area contributed by atoms with Crippen molar-refractivity contribution in [3.63, 3.8) is 0 Å². The van der Waals surface area contributed by atoms with E-state index in [0.29, 0.717) is 30.0 Å². The zero-order valence-electron chi connectivity index (χ0n) is 15.2. The van der Waals surface area contributed by atoms with Gasteiger partial charge in [0.25, 0.3) is 0 Å². The van der Waals surface area contributed by atoms with Gasteiger partial charge in [0.1, 0.15) is 5.82 Å². The zero-order chi connectivity index (χ0) is 20.5. The first-order valence-electron chi connectivity index (χ1n) is 8.43. The number of anilines is 2. The molecule has 3 rings (SSSR count). The Bertz CT molecular complexity index is 999. The zero-order valence-corrected chi connectivity index (χ0v) is 15.9. The molecule has 3 N–H and O–H groups in total. The third kappa shape index (κ3) is 4.19. The van der Waals surface area contributed by atoms with Crippen LogP contribution >= 0.6 is 11.6 Å². The molecule has 2 aromatic heterocycles. The molecule has 28 heavy (non-hydrogen) atoms. The quantitative estimate of drug-likeness (QED) is 0.613. The van der Waals surface area contributed by atoms with Crippen LogP contribution in [0.25, 0.3) is 11.4 Å². The van der Waals surface area contributed by atoms with E-state index in [9.17, 15) is 13.2 Å². The average molecular weight is 411 g/mol. The summed E-state index contributed by atoms with van der Waals surface area (Å²) in [5.74, 6) is 0.691. The van der Waals surface area contributed by atoms with Gasteiger partial charge in [-0.15, -0.1) is 0 Å². The van der Waals surface area contributed by atoms with Crippen molar-refractivity contribution in [3.8, 4) is 11.4 Å². The molecule has 0 atom stereocenters. The fraction of sp³-hybridized carbons (Fsp3) is 0.278. The molecule has 0 saturated carbocycles. The van der Waals surface area contributed by atoms with Crippen LogP contribution in [0.5, 0.6) is 0 Å². The predicted molar refractivity (Wildman–Crippen MR) is 102 cm³/mol. The van der Waals surface area contributed by atoms with Gasteiger partial charge in [0.2, 0.25) is 5.28 Å². The van der Waals surface area contributed by atoms with E-state index in [0.717, 1.165) is 17.3 Å². The summed E-state index contributed by atoms with van der Waals surface area (Å²) >= 11 is 5.78. The van der Waals surface area contributed by atoms with Gasteiger partial charge in [-0.3, -0.25) is 0 Å². The highest BCUT2D eigenvalue weighted by molar-refractivity contribution is 6.28. The molecule has 10 heteroatoms. The fourth-order valence-electron chi connectivity index (χ4n) is 2.82. The molecule has 0 radical (unpaired) electrons. The molecule has 0 bridgehead atoms. The van der Waals surface area contributed by atoms with Gasteiger partial charge in [0.15, 0.2) is 11.5 Å². The van der Waals surface area contributed by atoms with E-state index < -0.39 is 11.9 Å². The molecule has 3 aromatic rings. The number of alkyl halides is 3. The third-order valence-electron chi connectivity index (χ3n) is 4.21. The van der Waals surface area contributed by atoms with Crippen molar-refractivity contribution >= 4 is 23.1 Å². The van der Waals surface area contributed by atoms with E-state index in [4.69, 9.17) is 17.3 Å². The molecule has 0 saturated heterocycles. The highest BCUT2D eigenvalue weighted by atomic mass is 35.5. The minimum Gasteiger partial charge on any atom is -0.394 e. The summed E-state index contributed by atoms with van der Waals surface area (Å²) in [5, 5.41) is 3.17. The van der Waals surface area contributed by atoms with Crippen LogP contribution in [0.1, 0.15) is 23.7 Å². The Morgan fingerprint density at radius 3 is 2.64 bits per heavy atom. The van der Waals surface area contributed by atoms with Crippen LogP contribution < -0.4 is 11.1 Å². The molecule has 0 amide bonds. The van der Waals surface area contributed by atoms with Crippen LogP contribution in [0.3, 0.4) is 0 Å². The van der Waals surface area contributed by atoms with Gasteiger partial charge in [-0.05, 0) is 29.1 Å². The van der Waals surface area contributed by atoms with Crippen molar-refractivity contribution in [3.05, 3.63) is 52.7 Å². The molecule has 1 aromatic carbocycles. The van der Waals surface area contributed by atoms with E-state index in [1.54, 1.807) is 13.1 Å². The second kappa shape index (κ2) is 7.67. The molecule has 0 aliphatic heterocycles. The summed E-state index contributed by atoms with van der Waals surface area (Å²) < 4.78 is 40.2. The highest BCUT2D eigenvalue weighted by Crippen LogP contribution is 2.32. The number of hydrogen-bond acceptors (Lipinski definition) is 5. The van der Waals surface area contributed by atoms with E-state index in [1.165, 1.54) is 10.8 Å². The van der Waals surface area contributed by atoms with Crippen molar-refractivity contribution in [1.29, 1.82) is 0 Å². The molecular weight excluding hydrogens is 393 g/mol. The van der Waals surface area contributed by atoms with Crippen LogP contribution in [0.4, 0.5) is 24.7 Å². The van der Waals surface area contributed by atoms with Crippen LogP contribution in [0.15, 0.2) is 30.6 Å². The number of nitrogens with one attached hydrogen (secondary N) is 1. The maximum Gasteiger partial charge on any atom is 0.434 e.